The zero-order valence-corrected chi connectivity index (χ0v) is 14.3. The third-order valence-electron chi connectivity index (χ3n) is 3.38. The molecule has 2 aromatic heterocycles. The number of aromatic nitrogens is 2. The van der Waals surface area contributed by atoms with Crippen molar-refractivity contribution in [3.05, 3.63) is 57.9 Å². The highest BCUT2D eigenvalue weighted by atomic mass is 32.1. The van der Waals surface area contributed by atoms with Crippen LogP contribution in [-0.2, 0) is 12.4 Å². The van der Waals surface area contributed by atoms with Crippen molar-refractivity contribution in [2.75, 3.05) is 0 Å². The minimum absolute atomic E-state index is 0.0103. The maximum absolute atomic E-state index is 12.7. The lowest BCUT2D eigenvalue weighted by molar-refractivity contribution is -0.137. The average molecular weight is 404 g/mol. The minimum atomic E-state index is -4.47. The summed E-state index contributed by atoms with van der Waals surface area (Å²) in [4.78, 5) is 7.39. The van der Waals surface area contributed by atoms with Crippen LogP contribution in [0.15, 0.2) is 41.8 Å². The van der Waals surface area contributed by atoms with Gasteiger partial charge in [0.05, 0.1) is 5.56 Å². The van der Waals surface area contributed by atoms with E-state index in [0.717, 1.165) is 18.2 Å². The van der Waals surface area contributed by atoms with E-state index in [4.69, 9.17) is 4.74 Å². The van der Waals surface area contributed by atoms with E-state index < -0.39 is 22.8 Å². The summed E-state index contributed by atoms with van der Waals surface area (Å²) in [6.07, 6.45) is -8.94. The number of nitrogens with zero attached hydrogens (tertiary/aromatic N) is 2. The highest BCUT2D eigenvalue weighted by molar-refractivity contribution is 7.10. The maximum Gasteiger partial charge on any atom is 0.425 e. The van der Waals surface area contributed by atoms with E-state index in [2.05, 4.69) is 9.97 Å². The molecule has 0 amide bonds. The Balaban J connectivity index is 1.87. The summed E-state index contributed by atoms with van der Waals surface area (Å²) in [5, 5.41) is 1.19. The van der Waals surface area contributed by atoms with E-state index >= 15 is 0 Å². The zero-order chi connectivity index (χ0) is 19.8. The fraction of sp³-hybridized carbons (Fsp3) is 0.176. The molecule has 3 rings (SSSR count). The van der Waals surface area contributed by atoms with Gasteiger partial charge in [0.2, 0.25) is 5.88 Å². The van der Waals surface area contributed by atoms with Crippen LogP contribution >= 0.6 is 11.3 Å². The van der Waals surface area contributed by atoms with Crippen molar-refractivity contribution in [3.63, 3.8) is 0 Å². The summed E-state index contributed by atoms with van der Waals surface area (Å²) in [6, 6.07) is 6.49. The highest BCUT2D eigenvalue weighted by Crippen LogP contribution is 2.38. The molecule has 0 fully saturated rings. The van der Waals surface area contributed by atoms with Gasteiger partial charge in [0.1, 0.15) is 10.6 Å². The maximum atomic E-state index is 12.7. The lowest BCUT2D eigenvalue weighted by Crippen LogP contribution is -2.04. The second kappa shape index (κ2) is 6.84. The number of hydrogen-bond acceptors (Lipinski definition) is 4. The van der Waals surface area contributed by atoms with Crippen LogP contribution in [0.25, 0.3) is 11.4 Å². The van der Waals surface area contributed by atoms with Gasteiger partial charge in [0.25, 0.3) is 0 Å². The van der Waals surface area contributed by atoms with Gasteiger partial charge >= 0.3 is 12.4 Å². The molecule has 0 spiro atoms. The molecule has 0 N–H and O–H groups in total. The van der Waals surface area contributed by atoms with Crippen molar-refractivity contribution in [2.45, 2.75) is 19.3 Å². The molecule has 0 bridgehead atoms. The first-order chi connectivity index (χ1) is 12.5. The van der Waals surface area contributed by atoms with Crippen molar-refractivity contribution in [1.29, 1.82) is 0 Å². The van der Waals surface area contributed by atoms with Crippen LogP contribution in [0.4, 0.5) is 26.3 Å². The van der Waals surface area contributed by atoms with Gasteiger partial charge in [0.15, 0.2) is 5.82 Å². The van der Waals surface area contributed by atoms with Gasteiger partial charge in [-0.2, -0.15) is 31.3 Å². The van der Waals surface area contributed by atoms with Crippen LogP contribution in [0.3, 0.4) is 0 Å². The van der Waals surface area contributed by atoms with Crippen LogP contribution in [0.2, 0.25) is 0 Å². The summed E-state index contributed by atoms with van der Waals surface area (Å²) in [6.45, 7) is 1.61. The third-order valence-corrected chi connectivity index (χ3v) is 4.33. The minimum Gasteiger partial charge on any atom is -0.438 e. The second-order valence-electron chi connectivity index (χ2n) is 5.49. The Hall–Kier alpha value is -2.62. The Labute approximate surface area is 153 Å². The molecule has 1 aromatic carbocycles. The third kappa shape index (κ3) is 4.57. The summed E-state index contributed by atoms with van der Waals surface area (Å²) >= 11 is 0.484. The predicted octanol–water partition coefficient (Wildman–Crippen LogP) is 6.34. The van der Waals surface area contributed by atoms with E-state index in [1.54, 1.807) is 6.92 Å². The number of halogens is 6. The summed E-state index contributed by atoms with van der Waals surface area (Å²) in [5.41, 5.74) is -0.0487. The normalized spacial score (nSPS) is 12.3. The predicted molar refractivity (Wildman–Crippen MR) is 86.6 cm³/mol. The Morgan fingerprint density at radius 2 is 1.56 bits per heavy atom. The molecule has 0 aliphatic heterocycles. The fourth-order valence-electron chi connectivity index (χ4n) is 2.17. The molecule has 142 valence electrons. The van der Waals surface area contributed by atoms with E-state index in [1.807, 2.05) is 0 Å². The average Bonchev–Trinajstić information content (AvgIpc) is 3.02. The summed E-state index contributed by atoms with van der Waals surface area (Å²) in [7, 11) is 0. The molecule has 10 heteroatoms. The molecule has 0 aliphatic rings. The Kier molecular flexibility index (Phi) is 4.85. The van der Waals surface area contributed by atoms with E-state index in [0.29, 0.717) is 22.6 Å². The van der Waals surface area contributed by atoms with Crippen molar-refractivity contribution in [3.8, 4) is 23.0 Å². The van der Waals surface area contributed by atoms with Crippen molar-refractivity contribution < 1.29 is 31.1 Å². The number of ether oxygens (including phenoxy) is 1. The summed E-state index contributed by atoms with van der Waals surface area (Å²) in [5.74, 6) is 0.0534. The molecule has 3 nitrogen and oxygen atoms in total. The lowest BCUT2D eigenvalue weighted by Gasteiger charge is -2.09. The Morgan fingerprint density at radius 1 is 0.889 bits per heavy atom. The van der Waals surface area contributed by atoms with Crippen molar-refractivity contribution >= 4 is 11.3 Å². The number of hydrogen-bond donors (Lipinski definition) is 0. The van der Waals surface area contributed by atoms with E-state index in [1.165, 1.54) is 23.6 Å². The zero-order valence-electron chi connectivity index (χ0n) is 13.5. The molecule has 27 heavy (non-hydrogen) atoms. The molecule has 0 aliphatic carbocycles. The SMILES string of the molecule is Cc1cc(Oc2csc(C(F)(F)F)c2)nc(-c2ccc(C(F)(F)F)cc2)n1. The van der Waals surface area contributed by atoms with Crippen LogP contribution in [0.1, 0.15) is 16.1 Å². The number of thiophene rings is 1. The van der Waals surface area contributed by atoms with Gasteiger partial charge < -0.3 is 4.74 Å². The van der Waals surface area contributed by atoms with Crippen molar-refractivity contribution in [1.82, 2.24) is 9.97 Å². The first-order valence-electron chi connectivity index (χ1n) is 7.39. The van der Waals surface area contributed by atoms with Crippen molar-refractivity contribution in [2.24, 2.45) is 0 Å². The smallest absolute Gasteiger partial charge is 0.425 e. The van der Waals surface area contributed by atoms with E-state index in [9.17, 15) is 26.3 Å². The topological polar surface area (TPSA) is 35.0 Å². The first-order valence-corrected chi connectivity index (χ1v) is 8.27. The standard InChI is InChI=1S/C17H10F6N2OS/c1-9-6-14(26-12-7-13(27-8-12)17(21,22)23)25-15(24-9)10-2-4-11(5-3-10)16(18,19)20/h2-8H,1H3. The van der Waals surface area contributed by atoms with Crippen LogP contribution in [-0.4, -0.2) is 9.97 Å². The number of benzene rings is 1. The molecule has 0 saturated carbocycles. The second-order valence-corrected chi connectivity index (χ2v) is 6.40. The molecule has 0 atom stereocenters. The van der Waals surface area contributed by atoms with E-state index in [-0.39, 0.29) is 17.5 Å². The van der Waals surface area contributed by atoms with Crippen LogP contribution in [0, 0.1) is 6.92 Å². The fourth-order valence-corrected chi connectivity index (χ4v) is 2.85. The number of rotatable bonds is 3. The van der Waals surface area contributed by atoms with Gasteiger partial charge in [-0.05, 0) is 19.1 Å². The molecule has 2 heterocycles. The lowest BCUT2D eigenvalue weighted by atomic mass is 10.1. The van der Waals surface area contributed by atoms with Crippen LogP contribution < -0.4 is 4.74 Å². The quantitative estimate of drug-likeness (QED) is 0.478. The van der Waals surface area contributed by atoms with Crippen LogP contribution in [0.5, 0.6) is 11.6 Å². The Bertz CT molecular complexity index is 947. The van der Waals surface area contributed by atoms with Gasteiger partial charge in [-0.3, -0.25) is 0 Å². The number of aryl methyl sites for hydroxylation is 1. The van der Waals surface area contributed by atoms with Gasteiger partial charge in [-0.15, -0.1) is 11.3 Å². The largest absolute Gasteiger partial charge is 0.438 e. The molecule has 3 aromatic rings. The molecular formula is C17H10F6N2OS. The monoisotopic (exact) mass is 404 g/mol. The van der Waals surface area contributed by atoms with Gasteiger partial charge in [-0.25, -0.2) is 4.98 Å². The van der Waals surface area contributed by atoms with Gasteiger partial charge in [-0.1, -0.05) is 12.1 Å². The highest BCUT2D eigenvalue weighted by Gasteiger charge is 2.33. The first kappa shape index (κ1) is 19.2. The Morgan fingerprint density at radius 3 is 2.11 bits per heavy atom. The molecule has 0 radical (unpaired) electrons. The molecule has 0 unspecified atom stereocenters. The molecule has 0 saturated heterocycles. The van der Waals surface area contributed by atoms with Gasteiger partial charge in [0, 0.05) is 28.8 Å². The summed E-state index contributed by atoms with van der Waals surface area (Å²) < 4.78 is 81.3. The molecular weight excluding hydrogens is 394 g/mol. The number of alkyl halides is 6.